The van der Waals surface area contributed by atoms with Crippen molar-refractivity contribution in [2.75, 3.05) is 51.3 Å². The van der Waals surface area contributed by atoms with Crippen molar-refractivity contribution in [2.45, 2.75) is 0 Å². The molecule has 0 atom stereocenters. The third-order valence-corrected chi connectivity index (χ3v) is 3.59. The lowest BCUT2D eigenvalue weighted by Crippen LogP contribution is -3.15. The first-order valence-electron chi connectivity index (χ1n) is 6.60. The lowest BCUT2D eigenvalue weighted by Gasteiger charge is -2.34. The quantitative estimate of drug-likeness (QED) is 0.696. The van der Waals surface area contributed by atoms with Crippen LogP contribution in [0.1, 0.15) is 10.4 Å². The second kappa shape index (κ2) is 6.54. The summed E-state index contributed by atoms with van der Waals surface area (Å²) in [4.78, 5) is 14.7. The molecule has 1 fully saturated rings. The molecule has 104 valence electrons. The van der Waals surface area contributed by atoms with Crippen LogP contribution in [-0.2, 0) is 4.74 Å². The van der Waals surface area contributed by atoms with Crippen LogP contribution in [0.15, 0.2) is 24.3 Å². The van der Waals surface area contributed by atoms with Crippen molar-refractivity contribution in [3.8, 4) is 0 Å². The van der Waals surface area contributed by atoms with E-state index in [4.69, 9.17) is 4.74 Å². The Morgan fingerprint density at radius 3 is 2.68 bits per heavy atom. The minimum absolute atomic E-state index is 0.280. The van der Waals surface area contributed by atoms with Crippen molar-refractivity contribution in [2.24, 2.45) is 0 Å². The van der Waals surface area contributed by atoms with Gasteiger partial charge in [-0.25, -0.2) is 0 Å². The number of hydrogen-bond acceptors (Lipinski definition) is 4. The van der Waals surface area contributed by atoms with E-state index in [2.05, 4.69) is 4.90 Å². The summed E-state index contributed by atoms with van der Waals surface area (Å²) in [6.07, 6.45) is 0. The number of aromatic carboxylic acids is 1. The number of methoxy groups -OCH3 is 1. The van der Waals surface area contributed by atoms with Gasteiger partial charge in [-0.1, -0.05) is 18.2 Å². The van der Waals surface area contributed by atoms with Crippen molar-refractivity contribution in [3.05, 3.63) is 29.8 Å². The Morgan fingerprint density at radius 1 is 1.37 bits per heavy atom. The molecule has 0 aromatic heterocycles. The van der Waals surface area contributed by atoms with E-state index in [1.807, 2.05) is 12.1 Å². The maximum atomic E-state index is 11.1. The van der Waals surface area contributed by atoms with E-state index in [0.29, 0.717) is 0 Å². The fraction of sp³-hybridized carbons (Fsp3) is 0.500. The Kier molecular flexibility index (Phi) is 4.76. The molecule has 0 bridgehead atoms. The zero-order valence-electron chi connectivity index (χ0n) is 11.2. The number of carboxylic acid groups (broad SMARTS) is 1. The summed E-state index contributed by atoms with van der Waals surface area (Å²) in [6, 6.07) is 7.06. The van der Waals surface area contributed by atoms with Gasteiger partial charge in [0, 0.05) is 18.4 Å². The van der Waals surface area contributed by atoms with E-state index in [1.54, 1.807) is 19.2 Å². The summed E-state index contributed by atoms with van der Waals surface area (Å²) >= 11 is 0. The Balaban J connectivity index is 2.00. The van der Waals surface area contributed by atoms with Crippen LogP contribution in [-0.4, -0.2) is 52.4 Å². The zero-order valence-corrected chi connectivity index (χ0v) is 11.2. The standard InChI is InChI=1S/C14H20N2O3/c1-19-11-10-15-6-8-16(9-7-15)13-5-3-2-4-12(13)14(17)18/h2-5H,6-11H2,1H3,(H,17,18). The molecule has 0 spiro atoms. The largest absolute Gasteiger partial charge is 0.545 e. The highest BCUT2D eigenvalue weighted by Gasteiger charge is 2.21. The SMILES string of the molecule is COCC[NH+]1CCN(c2ccccc2C(=O)[O-])CC1. The summed E-state index contributed by atoms with van der Waals surface area (Å²) in [7, 11) is 1.71. The number of nitrogens with zero attached hydrogens (tertiary/aromatic N) is 1. The monoisotopic (exact) mass is 264 g/mol. The van der Waals surface area contributed by atoms with Crippen LogP contribution in [0.2, 0.25) is 0 Å². The van der Waals surface area contributed by atoms with Crippen LogP contribution in [0.25, 0.3) is 0 Å². The number of nitrogens with one attached hydrogen (secondary N) is 1. The second-order valence-corrected chi connectivity index (χ2v) is 4.78. The molecule has 0 unspecified atom stereocenters. The van der Waals surface area contributed by atoms with Gasteiger partial charge in [-0.3, -0.25) is 0 Å². The maximum absolute atomic E-state index is 11.1. The van der Waals surface area contributed by atoms with E-state index < -0.39 is 5.97 Å². The van der Waals surface area contributed by atoms with Gasteiger partial charge in [0.05, 0.1) is 38.8 Å². The van der Waals surface area contributed by atoms with Crippen molar-refractivity contribution < 1.29 is 19.5 Å². The number of piperazine rings is 1. The summed E-state index contributed by atoms with van der Waals surface area (Å²) in [5.74, 6) is -1.11. The van der Waals surface area contributed by atoms with E-state index in [0.717, 1.165) is 45.0 Å². The van der Waals surface area contributed by atoms with Gasteiger partial charge in [0.15, 0.2) is 0 Å². The zero-order chi connectivity index (χ0) is 13.7. The first-order chi connectivity index (χ1) is 9.22. The fourth-order valence-corrected chi connectivity index (χ4v) is 2.48. The van der Waals surface area contributed by atoms with Gasteiger partial charge in [0.1, 0.15) is 6.54 Å². The first-order valence-corrected chi connectivity index (χ1v) is 6.60. The fourth-order valence-electron chi connectivity index (χ4n) is 2.48. The molecule has 1 N–H and O–H groups in total. The number of anilines is 1. The molecule has 1 aliphatic rings. The number of ether oxygens (including phenoxy) is 1. The minimum Gasteiger partial charge on any atom is -0.545 e. The third kappa shape index (κ3) is 3.45. The van der Waals surface area contributed by atoms with Crippen LogP contribution in [0, 0.1) is 0 Å². The normalized spacial score (nSPS) is 16.6. The number of benzene rings is 1. The lowest BCUT2D eigenvalue weighted by molar-refractivity contribution is -0.900. The molecule has 0 radical (unpaired) electrons. The Morgan fingerprint density at radius 2 is 2.05 bits per heavy atom. The molecule has 5 heteroatoms. The second-order valence-electron chi connectivity index (χ2n) is 4.78. The van der Waals surface area contributed by atoms with Gasteiger partial charge in [-0.05, 0) is 6.07 Å². The minimum atomic E-state index is -1.11. The van der Waals surface area contributed by atoms with Crippen molar-refractivity contribution in [3.63, 3.8) is 0 Å². The molecule has 5 nitrogen and oxygen atoms in total. The van der Waals surface area contributed by atoms with E-state index >= 15 is 0 Å². The van der Waals surface area contributed by atoms with E-state index in [-0.39, 0.29) is 5.56 Å². The number of para-hydroxylation sites is 1. The lowest BCUT2D eigenvalue weighted by atomic mass is 10.1. The van der Waals surface area contributed by atoms with E-state index in [9.17, 15) is 9.90 Å². The molecule has 0 saturated carbocycles. The predicted octanol–water partition coefficient (Wildman–Crippen LogP) is -1.60. The van der Waals surface area contributed by atoms with Crippen molar-refractivity contribution >= 4 is 11.7 Å². The summed E-state index contributed by atoms with van der Waals surface area (Å²) in [5, 5.41) is 11.1. The predicted molar refractivity (Wildman–Crippen MR) is 70.4 cm³/mol. The van der Waals surface area contributed by atoms with Crippen molar-refractivity contribution in [1.82, 2.24) is 0 Å². The number of carbonyl (C=O) groups excluding carboxylic acids is 1. The Bertz CT molecular complexity index is 428. The summed E-state index contributed by atoms with van der Waals surface area (Å²) < 4.78 is 5.09. The number of quaternary nitrogens is 1. The number of hydrogen-bond donors (Lipinski definition) is 1. The molecular formula is C14H20N2O3. The van der Waals surface area contributed by atoms with Crippen LogP contribution in [0.3, 0.4) is 0 Å². The highest BCUT2D eigenvalue weighted by molar-refractivity contribution is 5.93. The van der Waals surface area contributed by atoms with Gasteiger partial charge in [-0.2, -0.15) is 0 Å². The molecule has 19 heavy (non-hydrogen) atoms. The van der Waals surface area contributed by atoms with Gasteiger partial charge < -0.3 is 24.4 Å². The average Bonchev–Trinajstić information content (AvgIpc) is 2.45. The van der Waals surface area contributed by atoms with Crippen LogP contribution >= 0.6 is 0 Å². The van der Waals surface area contributed by atoms with Crippen molar-refractivity contribution in [1.29, 1.82) is 0 Å². The molecule has 0 aliphatic carbocycles. The topological polar surface area (TPSA) is 57.0 Å². The molecule has 2 rings (SSSR count). The van der Waals surface area contributed by atoms with Crippen LogP contribution < -0.4 is 14.9 Å². The van der Waals surface area contributed by atoms with Crippen LogP contribution in [0.5, 0.6) is 0 Å². The molecule has 1 aromatic rings. The summed E-state index contributed by atoms with van der Waals surface area (Å²) in [6.45, 7) is 5.51. The summed E-state index contributed by atoms with van der Waals surface area (Å²) in [5.41, 5.74) is 1.05. The Hall–Kier alpha value is -1.59. The molecule has 1 aliphatic heterocycles. The highest BCUT2D eigenvalue weighted by Crippen LogP contribution is 2.19. The molecule has 1 aromatic carbocycles. The van der Waals surface area contributed by atoms with Gasteiger partial charge in [0.25, 0.3) is 0 Å². The number of carbonyl (C=O) groups is 1. The van der Waals surface area contributed by atoms with Gasteiger partial charge in [-0.15, -0.1) is 0 Å². The van der Waals surface area contributed by atoms with E-state index in [1.165, 1.54) is 4.90 Å². The highest BCUT2D eigenvalue weighted by atomic mass is 16.5. The van der Waals surface area contributed by atoms with Gasteiger partial charge in [0.2, 0.25) is 0 Å². The third-order valence-electron chi connectivity index (χ3n) is 3.59. The van der Waals surface area contributed by atoms with Crippen LogP contribution in [0.4, 0.5) is 5.69 Å². The maximum Gasteiger partial charge on any atom is 0.101 e. The molecule has 0 amide bonds. The smallest absolute Gasteiger partial charge is 0.101 e. The number of carboxylic acids is 1. The van der Waals surface area contributed by atoms with Gasteiger partial charge >= 0.3 is 0 Å². The molecular weight excluding hydrogens is 244 g/mol. The number of rotatable bonds is 5. The Labute approximate surface area is 113 Å². The average molecular weight is 264 g/mol. The first kappa shape index (κ1) is 13.8. The molecule has 1 saturated heterocycles. The molecule has 1 heterocycles.